The third-order valence-corrected chi connectivity index (χ3v) is 9.10. The van der Waals surface area contributed by atoms with E-state index in [-0.39, 0.29) is 18.2 Å². The first-order valence-corrected chi connectivity index (χ1v) is 17.6. The van der Waals surface area contributed by atoms with Gasteiger partial charge in [0, 0.05) is 56.7 Å². The number of ether oxygens (including phenoxy) is 2. The first-order valence-electron chi connectivity index (χ1n) is 17.6. The fraction of sp³-hybridized carbons (Fsp3) is 0.359. The molecule has 0 radical (unpaired) electrons. The predicted octanol–water partition coefficient (Wildman–Crippen LogP) is 6.53. The molecule has 0 spiro atoms. The SMILES string of the molecule is Cc1cc(C)c(OC(=O)N(Cc2ccc(Cn3cncn3)cc2)c2ccnc(Nc3ccc(OCCN4CCN(C(C)C)CC4)c(F)c3)n2)c(C)c1. The van der Waals surface area contributed by atoms with E-state index in [1.807, 2.05) is 57.2 Å². The molecule has 1 saturated heterocycles. The molecule has 1 fully saturated rings. The zero-order chi connectivity index (χ0) is 36.6. The smallest absolute Gasteiger partial charge is 0.421 e. The fourth-order valence-corrected chi connectivity index (χ4v) is 6.32. The summed E-state index contributed by atoms with van der Waals surface area (Å²) in [5.74, 6) is 0.694. The zero-order valence-electron chi connectivity index (χ0n) is 30.4. The van der Waals surface area contributed by atoms with Crippen LogP contribution in [0.1, 0.15) is 41.7 Å². The van der Waals surface area contributed by atoms with Gasteiger partial charge in [-0.2, -0.15) is 10.1 Å². The Kier molecular flexibility index (Phi) is 11.7. The van der Waals surface area contributed by atoms with E-state index in [1.165, 1.54) is 17.3 Å². The van der Waals surface area contributed by atoms with Gasteiger partial charge in [-0.15, -0.1) is 0 Å². The predicted molar refractivity (Wildman–Crippen MR) is 199 cm³/mol. The summed E-state index contributed by atoms with van der Waals surface area (Å²) in [7, 11) is 0. The van der Waals surface area contributed by atoms with Gasteiger partial charge in [-0.1, -0.05) is 42.0 Å². The molecule has 0 saturated carbocycles. The standard InChI is InChI=1S/C39H46FN9O3/c1-27(2)47-16-14-46(15-17-47)18-19-51-35-11-10-33(22-34(35)40)44-38-42-13-12-36(45-38)49(39(50)52-37-29(4)20-28(3)21-30(37)5)24-32-8-6-31(7-9-32)23-48-26-41-25-43-48/h6-13,20-22,25-27H,14-19,23-24H2,1-5H3,(H,42,44,45). The summed E-state index contributed by atoms with van der Waals surface area (Å²) in [5.41, 5.74) is 5.12. The third-order valence-electron chi connectivity index (χ3n) is 9.10. The summed E-state index contributed by atoms with van der Waals surface area (Å²) < 4.78 is 28.7. The molecule has 0 aliphatic carbocycles. The number of halogens is 1. The van der Waals surface area contributed by atoms with Gasteiger partial charge in [0.15, 0.2) is 11.6 Å². The number of aromatic nitrogens is 5. The second kappa shape index (κ2) is 16.7. The van der Waals surface area contributed by atoms with Crippen molar-refractivity contribution in [3.8, 4) is 11.5 Å². The van der Waals surface area contributed by atoms with E-state index in [0.29, 0.717) is 36.4 Å². The molecule has 1 amide bonds. The minimum absolute atomic E-state index is 0.178. The van der Waals surface area contributed by atoms with Gasteiger partial charge in [-0.05, 0) is 75.1 Å². The summed E-state index contributed by atoms with van der Waals surface area (Å²) >= 11 is 0. The number of anilines is 3. The minimum Gasteiger partial charge on any atom is -0.489 e. The maximum Gasteiger partial charge on any atom is 0.421 e. The van der Waals surface area contributed by atoms with Crippen LogP contribution in [-0.2, 0) is 13.1 Å². The molecule has 6 rings (SSSR count). The number of nitrogens with zero attached hydrogens (tertiary/aromatic N) is 8. The second-order valence-electron chi connectivity index (χ2n) is 13.4. The molecule has 12 nitrogen and oxygen atoms in total. The van der Waals surface area contributed by atoms with E-state index in [9.17, 15) is 4.79 Å². The number of hydrogen-bond acceptors (Lipinski definition) is 10. The largest absolute Gasteiger partial charge is 0.489 e. The van der Waals surface area contributed by atoms with Crippen LogP contribution in [0.15, 0.2) is 79.5 Å². The average molecular weight is 708 g/mol. The molecule has 13 heteroatoms. The van der Waals surface area contributed by atoms with E-state index in [1.54, 1.807) is 35.4 Å². The highest BCUT2D eigenvalue weighted by Crippen LogP contribution is 2.28. The van der Waals surface area contributed by atoms with Crippen molar-refractivity contribution in [2.45, 2.75) is 53.8 Å². The molecule has 3 heterocycles. The fourth-order valence-electron chi connectivity index (χ4n) is 6.32. The van der Waals surface area contributed by atoms with Crippen molar-refractivity contribution in [3.05, 3.63) is 113 Å². The van der Waals surface area contributed by atoms with Crippen molar-refractivity contribution in [2.24, 2.45) is 0 Å². The third kappa shape index (κ3) is 9.47. The Bertz CT molecular complexity index is 1920. The molecule has 1 aliphatic rings. The van der Waals surface area contributed by atoms with Crippen LogP contribution in [-0.4, -0.2) is 86.0 Å². The van der Waals surface area contributed by atoms with Crippen molar-refractivity contribution in [2.75, 3.05) is 49.5 Å². The van der Waals surface area contributed by atoms with Crippen LogP contribution >= 0.6 is 0 Å². The van der Waals surface area contributed by atoms with Crippen LogP contribution in [0, 0.1) is 26.6 Å². The van der Waals surface area contributed by atoms with Gasteiger partial charge in [-0.25, -0.2) is 23.8 Å². The lowest BCUT2D eigenvalue weighted by molar-refractivity contribution is 0.0965. The van der Waals surface area contributed by atoms with Crippen molar-refractivity contribution < 1.29 is 18.7 Å². The second-order valence-corrected chi connectivity index (χ2v) is 13.4. The maximum atomic E-state index is 15.1. The van der Waals surface area contributed by atoms with Gasteiger partial charge in [0.25, 0.3) is 0 Å². The Morgan fingerprint density at radius 3 is 2.37 bits per heavy atom. The number of aryl methyl sites for hydroxylation is 3. The molecule has 3 aromatic carbocycles. The zero-order valence-corrected chi connectivity index (χ0v) is 30.4. The number of hydrogen-bond donors (Lipinski definition) is 1. The van der Waals surface area contributed by atoms with E-state index < -0.39 is 11.9 Å². The number of amides is 1. The number of carbonyl (C=O) groups is 1. The van der Waals surface area contributed by atoms with Crippen LogP contribution < -0.4 is 19.7 Å². The molecule has 0 unspecified atom stereocenters. The van der Waals surface area contributed by atoms with Crippen molar-refractivity contribution in [1.29, 1.82) is 0 Å². The number of rotatable bonds is 13. The number of carbonyl (C=O) groups excluding carboxylic acids is 1. The summed E-state index contributed by atoms with van der Waals surface area (Å²) in [6, 6.07) is 18.7. The Balaban J connectivity index is 1.15. The lowest BCUT2D eigenvalue weighted by Crippen LogP contribution is -2.49. The maximum absolute atomic E-state index is 15.1. The molecular weight excluding hydrogens is 661 g/mol. The van der Waals surface area contributed by atoms with Crippen LogP contribution in [0.25, 0.3) is 0 Å². The molecule has 52 heavy (non-hydrogen) atoms. The molecule has 0 atom stereocenters. The van der Waals surface area contributed by atoms with Gasteiger partial charge in [0.2, 0.25) is 5.95 Å². The first-order chi connectivity index (χ1) is 25.1. The quantitative estimate of drug-likeness (QED) is 0.145. The molecule has 0 bridgehead atoms. The highest BCUT2D eigenvalue weighted by atomic mass is 19.1. The topological polar surface area (TPSA) is 114 Å². The van der Waals surface area contributed by atoms with Crippen molar-refractivity contribution >= 4 is 23.5 Å². The van der Waals surface area contributed by atoms with Gasteiger partial charge in [-0.3, -0.25) is 14.7 Å². The minimum atomic E-state index is -0.597. The summed E-state index contributed by atoms with van der Waals surface area (Å²) in [6.45, 7) is 16.2. The van der Waals surface area contributed by atoms with Gasteiger partial charge >= 0.3 is 6.09 Å². The molecule has 272 valence electrons. The van der Waals surface area contributed by atoms with E-state index >= 15 is 4.39 Å². The van der Waals surface area contributed by atoms with E-state index in [0.717, 1.165) is 60.5 Å². The Morgan fingerprint density at radius 1 is 0.962 bits per heavy atom. The van der Waals surface area contributed by atoms with Gasteiger partial charge in [0.05, 0.1) is 13.1 Å². The van der Waals surface area contributed by atoms with Crippen LogP contribution in [0.5, 0.6) is 11.5 Å². The van der Waals surface area contributed by atoms with E-state index in [2.05, 4.69) is 49.0 Å². The summed E-state index contributed by atoms with van der Waals surface area (Å²) in [6.07, 6.45) is 4.11. The number of piperazine rings is 1. The molecule has 5 aromatic rings. The van der Waals surface area contributed by atoms with E-state index in [4.69, 9.17) is 9.47 Å². The Hall–Kier alpha value is -5.40. The van der Waals surface area contributed by atoms with Crippen molar-refractivity contribution in [3.63, 3.8) is 0 Å². The summed E-state index contributed by atoms with van der Waals surface area (Å²) in [5, 5.41) is 7.24. The first kappa shape index (κ1) is 36.4. The average Bonchev–Trinajstić information content (AvgIpc) is 3.64. The molecular formula is C39H46FN9O3. The highest BCUT2D eigenvalue weighted by Gasteiger charge is 2.23. The lowest BCUT2D eigenvalue weighted by Gasteiger charge is -2.36. The number of benzene rings is 3. The number of nitrogens with one attached hydrogen (secondary N) is 1. The summed E-state index contributed by atoms with van der Waals surface area (Å²) in [4.78, 5) is 33.2. The van der Waals surface area contributed by atoms with Crippen molar-refractivity contribution in [1.82, 2.24) is 34.5 Å². The van der Waals surface area contributed by atoms with Crippen LogP contribution in [0.2, 0.25) is 0 Å². The molecule has 2 aromatic heterocycles. The normalized spacial score (nSPS) is 13.7. The lowest BCUT2D eigenvalue weighted by atomic mass is 10.1. The monoisotopic (exact) mass is 707 g/mol. The molecule has 1 N–H and O–H groups in total. The highest BCUT2D eigenvalue weighted by molar-refractivity contribution is 5.88. The van der Waals surface area contributed by atoms with Gasteiger partial charge < -0.3 is 14.8 Å². The van der Waals surface area contributed by atoms with Crippen LogP contribution in [0.4, 0.5) is 26.6 Å². The van der Waals surface area contributed by atoms with Gasteiger partial charge in [0.1, 0.15) is 30.8 Å². The van der Waals surface area contributed by atoms with Crippen LogP contribution in [0.3, 0.4) is 0 Å². The Morgan fingerprint density at radius 2 is 1.69 bits per heavy atom. The molecule has 1 aliphatic heterocycles. The Labute approximate surface area is 304 Å².